The van der Waals surface area contributed by atoms with E-state index in [4.69, 9.17) is 4.84 Å². The van der Waals surface area contributed by atoms with E-state index in [0.29, 0.717) is 5.75 Å². The maximum atomic E-state index is 9.95. The monoisotopic (exact) mass is 186 g/mol. The van der Waals surface area contributed by atoms with Gasteiger partial charge in [-0.05, 0) is 11.5 Å². The van der Waals surface area contributed by atoms with E-state index in [1.54, 1.807) is 6.07 Å². The van der Waals surface area contributed by atoms with E-state index in [0.717, 1.165) is 10.8 Å². The molecule has 0 bridgehead atoms. The van der Waals surface area contributed by atoms with Gasteiger partial charge < -0.3 is 4.84 Å². The van der Waals surface area contributed by atoms with Crippen molar-refractivity contribution in [1.29, 1.82) is 0 Å². The van der Waals surface area contributed by atoms with Crippen molar-refractivity contribution in [2.75, 3.05) is 0 Å². The van der Waals surface area contributed by atoms with Crippen molar-refractivity contribution in [3.8, 4) is 5.75 Å². The normalized spacial score (nSPS) is 9.71. The number of amides is 1. The lowest BCUT2D eigenvalue weighted by Gasteiger charge is -2.05. The second-order valence-corrected chi connectivity index (χ2v) is 2.78. The van der Waals surface area contributed by atoms with Crippen LogP contribution in [-0.2, 0) is 4.79 Å². The van der Waals surface area contributed by atoms with Crippen molar-refractivity contribution in [2.45, 2.75) is 0 Å². The molecular weight excluding hydrogens is 178 g/mol. The fourth-order valence-electron chi connectivity index (χ4n) is 1.36. The van der Waals surface area contributed by atoms with E-state index in [9.17, 15) is 4.79 Å². The van der Waals surface area contributed by atoms with Gasteiger partial charge in [-0.1, -0.05) is 36.4 Å². The molecule has 3 nitrogen and oxygen atoms in total. The van der Waals surface area contributed by atoms with Gasteiger partial charge in [-0.15, -0.1) is 0 Å². The van der Waals surface area contributed by atoms with Gasteiger partial charge in [0.1, 0.15) is 0 Å². The summed E-state index contributed by atoms with van der Waals surface area (Å²) in [6, 6.07) is 13.4. The van der Waals surface area contributed by atoms with E-state index in [-0.39, 0.29) is 0 Å². The molecule has 0 fully saturated rings. The van der Waals surface area contributed by atoms with Gasteiger partial charge in [0.05, 0.1) is 0 Å². The first-order valence-electron chi connectivity index (χ1n) is 4.18. The van der Waals surface area contributed by atoms with Gasteiger partial charge in [0, 0.05) is 5.39 Å². The molecule has 1 N–H and O–H groups in total. The number of hydroxylamine groups is 1. The first-order chi connectivity index (χ1) is 6.92. The average molecular weight is 186 g/mol. The lowest BCUT2D eigenvalue weighted by molar-refractivity contribution is 0.257. The van der Waals surface area contributed by atoms with Crippen molar-refractivity contribution in [3.63, 3.8) is 0 Å². The molecular formula is C11H8NO2. The number of hydrogen-bond donors (Lipinski definition) is 1. The summed E-state index contributed by atoms with van der Waals surface area (Å²) >= 11 is 0. The van der Waals surface area contributed by atoms with Gasteiger partial charge in [0.2, 0.25) is 0 Å². The molecule has 0 atom stereocenters. The molecule has 69 valence electrons. The average Bonchev–Trinajstić information content (AvgIpc) is 2.26. The summed E-state index contributed by atoms with van der Waals surface area (Å²) < 4.78 is 0. The molecule has 1 radical (unpaired) electrons. The fourth-order valence-corrected chi connectivity index (χ4v) is 1.36. The van der Waals surface area contributed by atoms with Crippen LogP contribution in [0.3, 0.4) is 0 Å². The van der Waals surface area contributed by atoms with E-state index < -0.39 is 0 Å². The smallest absolute Gasteiger partial charge is 0.344 e. The fraction of sp³-hybridized carbons (Fsp3) is 0. The lowest BCUT2D eigenvalue weighted by atomic mass is 10.1. The highest BCUT2D eigenvalue weighted by Crippen LogP contribution is 2.24. The first-order valence-corrected chi connectivity index (χ1v) is 4.18. The molecule has 0 aromatic heterocycles. The largest absolute Gasteiger partial charge is 0.378 e. The Morgan fingerprint density at radius 2 is 1.86 bits per heavy atom. The zero-order valence-electron chi connectivity index (χ0n) is 7.36. The summed E-state index contributed by atoms with van der Waals surface area (Å²) in [5.74, 6) is 0.617. The topological polar surface area (TPSA) is 38.3 Å². The second kappa shape index (κ2) is 3.79. The van der Waals surface area contributed by atoms with E-state index in [2.05, 4.69) is 5.48 Å². The number of carbonyl (C=O) groups excluding carboxylic acids is 1. The summed E-state index contributed by atoms with van der Waals surface area (Å²) in [4.78, 5) is 14.9. The predicted octanol–water partition coefficient (Wildman–Crippen LogP) is 1.79. The van der Waals surface area contributed by atoms with Gasteiger partial charge in [-0.25, -0.2) is 0 Å². The Morgan fingerprint density at radius 1 is 1.07 bits per heavy atom. The quantitative estimate of drug-likeness (QED) is 0.586. The number of nitrogens with one attached hydrogen (secondary N) is 1. The second-order valence-electron chi connectivity index (χ2n) is 2.78. The third kappa shape index (κ3) is 1.52. The van der Waals surface area contributed by atoms with Gasteiger partial charge >= 0.3 is 6.41 Å². The SMILES string of the molecule is O=[C]NOc1cccc2ccccc12. The Kier molecular flexibility index (Phi) is 2.32. The van der Waals surface area contributed by atoms with Crippen molar-refractivity contribution in [3.05, 3.63) is 42.5 Å². The Morgan fingerprint density at radius 3 is 2.71 bits per heavy atom. The lowest BCUT2D eigenvalue weighted by Crippen LogP contribution is -2.15. The van der Waals surface area contributed by atoms with Crippen LogP contribution in [0.4, 0.5) is 0 Å². The van der Waals surface area contributed by atoms with Crippen LogP contribution in [0.25, 0.3) is 10.8 Å². The summed E-state index contributed by atoms with van der Waals surface area (Å²) in [5.41, 5.74) is 2.05. The van der Waals surface area contributed by atoms with E-state index >= 15 is 0 Å². The van der Waals surface area contributed by atoms with Crippen LogP contribution >= 0.6 is 0 Å². The number of rotatable bonds is 3. The van der Waals surface area contributed by atoms with Gasteiger partial charge in [-0.2, -0.15) is 5.48 Å². The summed E-state index contributed by atoms with van der Waals surface area (Å²) in [5, 5.41) is 2.02. The molecule has 14 heavy (non-hydrogen) atoms. The molecule has 2 aromatic rings. The first kappa shape index (κ1) is 8.56. The van der Waals surface area contributed by atoms with Gasteiger partial charge in [-0.3, -0.25) is 4.79 Å². The molecule has 0 saturated carbocycles. The molecule has 2 rings (SSSR count). The minimum atomic E-state index is 0.617. The number of fused-ring (bicyclic) bond motifs is 1. The van der Waals surface area contributed by atoms with Crippen LogP contribution in [0.2, 0.25) is 0 Å². The molecule has 0 heterocycles. The van der Waals surface area contributed by atoms with Gasteiger partial charge in [0.25, 0.3) is 0 Å². The van der Waals surface area contributed by atoms with E-state index in [1.165, 1.54) is 6.41 Å². The summed E-state index contributed by atoms with van der Waals surface area (Å²) in [7, 11) is 0. The van der Waals surface area contributed by atoms with E-state index in [1.807, 2.05) is 36.4 Å². The molecule has 0 aliphatic carbocycles. The van der Waals surface area contributed by atoms with Crippen molar-refractivity contribution in [1.82, 2.24) is 5.48 Å². The molecule has 3 heteroatoms. The van der Waals surface area contributed by atoms with Crippen molar-refractivity contribution in [2.24, 2.45) is 0 Å². The third-order valence-corrected chi connectivity index (χ3v) is 1.95. The maximum Gasteiger partial charge on any atom is 0.344 e. The Balaban J connectivity index is 2.48. The molecule has 1 amide bonds. The van der Waals surface area contributed by atoms with Crippen LogP contribution in [0.5, 0.6) is 5.75 Å². The Labute approximate surface area is 81.3 Å². The maximum absolute atomic E-state index is 9.95. The minimum Gasteiger partial charge on any atom is -0.378 e. The van der Waals surface area contributed by atoms with Crippen molar-refractivity contribution >= 4 is 17.2 Å². The highest BCUT2D eigenvalue weighted by Gasteiger charge is 1.99. The summed E-state index contributed by atoms with van der Waals surface area (Å²) in [6.07, 6.45) is 1.46. The minimum absolute atomic E-state index is 0.617. The van der Waals surface area contributed by atoms with Crippen LogP contribution in [0, 0.1) is 0 Å². The standard InChI is InChI=1S/C11H8NO2/c13-8-12-14-11-7-3-5-9-4-1-2-6-10(9)11/h1-7H,(H,12,13). The molecule has 0 spiro atoms. The summed E-state index contributed by atoms with van der Waals surface area (Å²) in [6.45, 7) is 0. The molecule has 0 saturated heterocycles. The Hall–Kier alpha value is -2.03. The molecule has 2 aromatic carbocycles. The highest BCUT2D eigenvalue weighted by atomic mass is 16.7. The van der Waals surface area contributed by atoms with Gasteiger partial charge in [0.15, 0.2) is 5.75 Å². The molecule has 0 unspecified atom stereocenters. The highest BCUT2D eigenvalue weighted by molar-refractivity contribution is 5.88. The molecule has 0 aliphatic rings. The zero-order valence-corrected chi connectivity index (χ0v) is 7.36. The number of benzene rings is 2. The van der Waals surface area contributed by atoms with Crippen LogP contribution in [0.15, 0.2) is 42.5 Å². The zero-order chi connectivity index (χ0) is 9.80. The van der Waals surface area contributed by atoms with Crippen LogP contribution < -0.4 is 10.3 Å². The van der Waals surface area contributed by atoms with Crippen molar-refractivity contribution < 1.29 is 9.63 Å². The Bertz CT molecular complexity index is 448. The van der Waals surface area contributed by atoms with Crippen LogP contribution in [-0.4, -0.2) is 6.41 Å². The third-order valence-electron chi connectivity index (χ3n) is 1.95. The van der Waals surface area contributed by atoms with Crippen LogP contribution in [0.1, 0.15) is 0 Å². The molecule has 0 aliphatic heterocycles. The number of hydrogen-bond acceptors (Lipinski definition) is 2. The predicted molar refractivity (Wildman–Crippen MR) is 53.4 cm³/mol.